The maximum atomic E-state index is 11.4. The summed E-state index contributed by atoms with van der Waals surface area (Å²) in [5.74, 6) is -0.615. The molecule has 0 radical (unpaired) electrons. The Morgan fingerprint density at radius 1 is 1.57 bits per heavy atom. The number of esters is 1. The molecule has 0 aliphatic carbocycles. The average Bonchev–Trinajstić information content (AvgIpc) is 2.14. The minimum absolute atomic E-state index is 0.0219. The Morgan fingerprint density at radius 3 is 2.79 bits per heavy atom. The smallest absolute Gasteiger partial charge is 0.308 e. The fourth-order valence-electron chi connectivity index (χ4n) is 1.21. The van der Waals surface area contributed by atoms with Crippen molar-refractivity contribution in [2.24, 2.45) is 0 Å². The topological polar surface area (TPSA) is 67.4 Å². The van der Waals surface area contributed by atoms with Gasteiger partial charge in [0.1, 0.15) is 6.04 Å². The van der Waals surface area contributed by atoms with Crippen LogP contribution in [-0.2, 0) is 14.3 Å². The van der Waals surface area contributed by atoms with Crippen molar-refractivity contribution in [3.8, 4) is 0 Å². The van der Waals surface area contributed by atoms with E-state index < -0.39 is 12.0 Å². The van der Waals surface area contributed by atoms with Crippen LogP contribution >= 0.6 is 0 Å². The highest BCUT2D eigenvalue weighted by Gasteiger charge is 2.29. The Bertz CT molecular complexity index is 273. The molecule has 1 fully saturated rings. The van der Waals surface area contributed by atoms with Crippen LogP contribution in [0.1, 0.15) is 13.3 Å². The van der Waals surface area contributed by atoms with Crippen molar-refractivity contribution in [1.82, 2.24) is 10.6 Å². The lowest BCUT2D eigenvalue weighted by atomic mass is 10.1. The van der Waals surface area contributed by atoms with Crippen molar-refractivity contribution < 1.29 is 14.3 Å². The summed E-state index contributed by atoms with van der Waals surface area (Å²) in [5, 5.41) is 5.57. The SMILES string of the molecule is C=C1NC(CC(=O)OC)C(=O)NC1C. The molecular weight excluding hydrogens is 184 g/mol. The first kappa shape index (κ1) is 10.6. The standard InChI is InChI=1S/C9H14N2O3/c1-5-6(2)11-9(13)7(10-5)4-8(12)14-3/h6-7,10H,1,4H2,2-3H3,(H,11,13). The third kappa shape index (κ3) is 2.25. The Morgan fingerprint density at radius 2 is 2.21 bits per heavy atom. The van der Waals surface area contributed by atoms with E-state index in [-0.39, 0.29) is 18.4 Å². The van der Waals surface area contributed by atoms with Crippen molar-refractivity contribution in [1.29, 1.82) is 0 Å². The fraction of sp³-hybridized carbons (Fsp3) is 0.556. The summed E-state index contributed by atoms with van der Waals surface area (Å²) < 4.78 is 4.47. The molecule has 0 bridgehead atoms. The molecule has 0 saturated carbocycles. The number of carbonyl (C=O) groups excluding carboxylic acids is 2. The molecule has 5 nitrogen and oxygen atoms in total. The maximum Gasteiger partial charge on any atom is 0.308 e. The second-order valence-corrected chi connectivity index (χ2v) is 3.23. The quantitative estimate of drug-likeness (QED) is 0.589. The number of hydrogen-bond acceptors (Lipinski definition) is 4. The predicted octanol–water partition coefficient (Wildman–Crippen LogP) is -0.460. The summed E-state index contributed by atoms with van der Waals surface area (Å²) >= 11 is 0. The molecule has 0 aromatic heterocycles. The molecule has 1 saturated heterocycles. The first-order valence-electron chi connectivity index (χ1n) is 4.37. The molecule has 1 aliphatic heterocycles. The van der Waals surface area contributed by atoms with Gasteiger partial charge in [-0.2, -0.15) is 0 Å². The third-order valence-electron chi connectivity index (χ3n) is 2.16. The maximum absolute atomic E-state index is 11.4. The van der Waals surface area contributed by atoms with Crippen LogP contribution in [0.25, 0.3) is 0 Å². The lowest BCUT2D eigenvalue weighted by Gasteiger charge is -2.30. The predicted molar refractivity (Wildman–Crippen MR) is 50.3 cm³/mol. The van der Waals surface area contributed by atoms with Crippen LogP contribution in [0, 0.1) is 0 Å². The molecule has 0 aromatic carbocycles. The Kier molecular flexibility index (Phi) is 3.11. The molecule has 2 atom stereocenters. The normalized spacial score (nSPS) is 26.4. The van der Waals surface area contributed by atoms with Crippen molar-refractivity contribution in [2.75, 3.05) is 7.11 Å². The second kappa shape index (κ2) is 4.13. The van der Waals surface area contributed by atoms with E-state index in [1.54, 1.807) is 0 Å². The highest BCUT2D eigenvalue weighted by atomic mass is 16.5. The van der Waals surface area contributed by atoms with Gasteiger partial charge in [0.05, 0.1) is 19.6 Å². The Hall–Kier alpha value is -1.52. The van der Waals surface area contributed by atoms with Gasteiger partial charge in [-0.05, 0) is 6.92 Å². The van der Waals surface area contributed by atoms with Crippen molar-refractivity contribution in [3.05, 3.63) is 12.3 Å². The average molecular weight is 198 g/mol. The summed E-state index contributed by atoms with van der Waals surface area (Å²) in [5.41, 5.74) is 0.707. The number of hydrogen-bond donors (Lipinski definition) is 2. The minimum Gasteiger partial charge on any atom is -0.469 e. The van der Waals surface area contributed by atoms with Crippen molar-refractivity contribution in [3.63, 3.8) is 0 Å². The number of ether oxygens (including phenoxy) is 1. The molecule has 14 heavy (non-hydrogen) atoms. The zero-order chi connectivity index (χ0) is 10.7. The third-order valence-corrected chi connectivity index (χ3v) is 2.16. The largest absolute Gasteiger partial charge is 0.469 e. The van der Waals surface area contributed by atoms with Crippen LogP contribution in [-0.4, -0.2) is 31.1 Å². The highest BCUT2D eigenvalue weighted by molar-refractivity contribution is 5.88. The number of amides is 1. The van der Waals surface area contributed by atoms with Crippen molar-refractivity contribution in [2.45, 2.75) is 25.4 Å². The minimum atomic E-state index is -0.564. The Balaban J connectivity index is 2.57. The molecule has 1 amide bonds. The monoisotopic (exact) mass is 198 g/mol. The van der Waals surface area contributed by atoms with Gasteiger partial charge >= 0.3 is 5.97 Å². The van der Waals surface area contributed by atoms with E-state index in [1.165, 1.54) is 7.11 Å². The lowest BCUT2D eigenvalue weighted by Crippen LogP contribution is -2.56. The molecule has 0 spiro atoms. The van der Waals surface area contributed by atoms with Gasteiger partial charge in [0.25, 0.3) is 0 Å². The molecule has 1 rings (SSSR count). The molecule has 0 aromatic rings. The van der Waals surface area contributed by atoms with E-state index in [0.717, 1.165) is 0 Å². The number of carbonyl (C=O) groups is 2. The zero-order valence-corrected chi connectivity index (χ0v) is 8.29. The van der Waals surface area contributed by atoms with Gasteiger partial charge in [-0.15, -0.1) is 0 Å². The van der Waals surface area contributed by atoms with Gasteiger partial charge in [0.2, 0.25) is 5.91 Å². The van der Waals surface area contributed by atoms with E-state index in [0.29, 0.717) is 5.70 Å². The van der Waals surface area contributed by atoms with Crippen LogP contribution in [0.2, 0.25) is 0 Å². The van der Waals surface area contributed by atoms with E-state index in [4.69, 9.17) is 0 Å². The molecule has 2 N–H and O–H groups in total. The van der Waals surface area contributed by atoms with E-state index in [1.807, 2.05) is 6.92 Å². The lowest BCUT2D eigenvalue weighted by molar-refractivity contribution is -0.143. The number of piperazine rings is 1. The molecular formula is C9H14N2O3. The number of nitrogens with one attached hydrogen (secondary N) is 2. The summed E-state index contributed by atoms with van der Waals surface area (Å²) in [6.45, 7) is 5.56. The number of methoxy groups -OCH3 is 1. The van der Waals surface area contributed by atoms with Gasteiger partial charge in [-0.1, -0.05) is 6.58 Å². The van der Waals surface area contributed by atoms with Crippen LogP contribution in [0.4, 0.5) is 0 Å². The number of rotatable bonds is 2. The van der Waals surface area contributed by atoms with Gasteiger partial charge in [-0.3, -0.25) is 9.59 Å². The summed E-state index contributed by atoms with van der Waals surface area (Å²) in [6.07, 6.45) is 0.0219. The van der Waals surface area contributed by atoms with Crippen LogP contribution in [0.5, 0.6) is 0 Å². The van der Waals surface area contributed by atoms with Gasteiger partial charge < -0.3 is 15.4 Å². The second-order valence-electron chi connectivity index (χ2n) is 3.23. The van der Waals surface area contributed by atoms with Gasteiger partial charge in [0, 0.05) is 5.70 Å². The Labute approximate surface area is 82.5 Å². The fourth-order valence-corrected chi connectivity index (χ4v) is 1.21. The summed E-state index contributed by atoms with van der Waals surface area (Å²) in [6, 6.07) is -0.664. The van der Waals surface area contributed by atoms with Gasteiger partial charge in [0.15, 0.2) is 0 Å². The molecule has 1 aliphatic rings. The first-order chi connectivity index (χ1) is 6.54. The van der Waals surface area contributed by atoms with Crippen LogP contribution < -0.4 is 10.6 Å². The molecule has 78 valence electrons. The molecule has 1 heterocycles. The van der Waals surface area contributed by atoms with Gasteiger partial charge in [-0.25, -0.2) is 0 Å². The van der Waals surface area contributed by atoms with E-state index in [2.05, 4.69) is 21.9 Å². The molecule has 5 heteroatoms. The molecule has 2 unspecified atom stereocenters. The van der Waals surface area contributed by atoms with E-state index >= 15 is 0 Å². The van der Waals surface area contributed by atoms with Crippen LogP contribution in [0.3, 0.4) is 0 Å². The summed E-state index contributed by atoms with van der Waals surface area (Å²) in [7, 11) is 1.29. The first-order valence-corrected chi connectivity index (χ1v) is 4.37. The van der Waals surface area contributed by atoms with Crippen LogP contribution in [0.15, 0.2) is 12.3 Å². The van der Waals surface area contributed by atoms with Crippen molar-refractivity contribution >= 4 is 11.9 Å². The summed E-state index contributed by atoms with van der Waals surface area (Å²) in [4.78, 5) is 22.3. The zero-order valence-electron chi connectivity index (χ0n) is 8.29. The van der Waals surface area contributed by atoms with E-state index in [9.17, 15) is 9.59 Å². The highest BCUT2D eigenvalue weighted by Crippen LogP contribution is 2.07.